The van der Waals surface area contributed by atoms with Gasteiger partial charge < -0.3 is 19.8 Å². The van der Waals surface area contributed by atoms with Gasteiger partial charge in [-0.05, 0) is 96.6 Å². The number of nitrogens with zero attached hydrogens (tertiary/aromatic N) is 1. The molecule has 6 aliphatic rings. The van der Waals surface area contributed by atoms with Gasteiger partial charge >= 0.3 is 6.09 Å². The first-order chi connectivity index (χ1) is 26.5. The first kappa shape index (κ1) is 36.1. The van der Waals surface area contributed by atoms with Crippen molar-refractivity contribution in [2.75, 3.05) is 13.2 Å². The van der Waals surface area contributed by atoms with Crippen molar-refractivity contribution in [3.8, 4) is 11.1 Å². The normalized spacial score (nSPS) is 34.3. The Bertz CT molecular complexity index is 2210. The third-order valence-corrected chi connectivity index (χ3v) is 15.4. The molecule has 0 saturated heterocycles. The van der Waals surface area contributed by atoms with Gasteiger partial charge in [0.15, 0.2) is 5.78 Å². The topological polar surface area (TPSA) is 87.1 Å². The summed E-state index contributed by atoms with van der Waals surface area (Å²) in [5.41, 5.74) is 1.76. The van der Waals surface area contributed by atoms with Gasteiger partial charge in [0.1, 0.15) is 0 Å². The van der Waals surface area contributed by atoms with Crippen molar-refractivity contribution in [2.45, 2.75) is 84.0 Å². The molecule has 2 bridgehead atoms. The van der Waals surface area contributed by atoms with Gasteiger partial charge in [-0.3, -0.25) is 4.79 Å². The van der Waals surface area contributed by atoms with Crippen LogP contribution in [0.15, 0.2) is 121 Å². The van der Waals surface area contributed by atoms with Crippen molar-refractivity contribution >= 4 is 22.6 Å². The molecule has 10 rings (SSSR count). The quantitative estimate of drug-likeness (QED) is 0.139. The fourth-order valence-corrected chi connectivity index (χ4v) is 12.5. The maximum absolute atomic E-state index is 15.2. The van der Waals surface area contributed by atoms with Crippen molar-refractivity contribution in [3.05, 3.63) is 132 Å². The third-order valence-electron chi connectivity index (χ3n) is 15.4. The summed E-state index contributed by atoms with van der Waals surface area (Å²) in [4.78, 5) is 30.6. The number of Topliss-reactive ketones (excluding diaryl/α,β-unsaturated/α-hetero) is 1. The molecule has 6 aliphatic carbocycles. The second kappa shape index (κ2) is 13.0. The maximum Gasteiger partial charge on any atom is 0.410 e. The van der Waals surface area contributed by atoms with Gasteiger partial charge in [-0.1, -0.05) is 129 Å². The standard InChI is InChI=1S/C49H53NO5/c1-4-55-44(53)50(31-37-15-10-14-35-13-8-9-16-39(35)37)32-48(54)26-23-42-46(48,3)25-22-41-45(2)24-21-38(51)29-47(45)27-28-49(41,42)40(30-47)43(52)36-19-17-34(18-20-36)33-11-6-5-7-12-33/h5-20,27-28,30,38,41-42,51,54H,4,21-26,29,31-32H2,1-3H3/t38?,41-,42-,45-,46+,47+,48-,49-/m1/s1. The number of aliphatic hydroxyl groups is 2. The molecule has 2 spiro atoms. The first-order valence-corrected chi connectivity index (χ1v) is 20.4. The predicted octanol–water partition coefficient (Wildman–Crippen LogP) is 9.94. The number of benzene rings is 4. The second-order valence-corrected chi connectivity index (χ2v) is 17.8. The molecule has 6 heteroatoms. The monoisotopic (exact) mass is 735 g/mol. The number of aliphatic hydroxyl groups excluding tert-OH is 1. The van der Waals surface area contributed by atoms with Crippen molar-refractivity contribution in [1.29, 1.82) is 0 Å². The van der Waals surface area contributed by atoms with Gasteiger partial charge in [0, 0.05) is 33.9 Å². The van der Waals surface area contributed by atoms with Gasteiger partial charge in [0.2, 0.25) is 0 Å². The Kier molecular flexibility index (Phi) is 8.56. The van der Waals surface area contributed by atoms with Gasteiger partial charge in [0.05, 0.1) is 24.9 Å². The number of allylic oxidation sites excluding steroid dienone is 4. The largest absolute Gasteiger partial charge is 0.450 e. The number of ether oxygens (including phenoxy) is 1. The number of ketones is 1. The second-order valence-electron chi connectivity index (χ2n) is 17.8. The van der Waals surface area contributed by atoms with E-state index in [0.717, 1.165) is 65.1 Å². The highest BCUT2D eigenvalue weighted by molar-refractivity contribution is 6.10. The highest BCUT2D eigenvalue weighted by Gasteiger charge is 2.74. The molecule has 1 amide bonds. The first-order valence-electron chi connectivity index (χ1n) is 20.4. The van der Waals surface area contributed by atoms with Crippen LogP contribution in [0.25, 0.3) is 21.9 Å². The molecule has 284 valence electrons. The number of carbonyl (C=O) groups excluding carboxylic acids is 2. The summed E-state index contributed by atoms with van der Waals surface area (Å²) >= 11 is 0. The highest BCUT2D eigenvalue weighted by Crippen LogP contribution is 2.78. The summed E-state index contributed by atoms with van der Waals surface area (Å²) in [6.07, 6.45) is 11.3. The minimum Gasteiger partial charge on any atom is -0.450 e. The Morgan fingerprint density at radius 1 is 0.782 bits per heavy atom. The van der Waals surface area contributed by atoms with E-state index < -0.39 is 34.0 Å². The van der Waals surface area contributed by atoms with E-state index in [0.29, 0.717) is 24.9 Å². The van der Waals surface area contributed by atoms with Crippen LogP contribution in [0.5, 0.6) is 0 Å². The molecule has 0 aromatic heterocycles. The summed E-state index contributed by atoms with van der Waals surface area (Å²) < 4.78 is 5.65. The zero-order chi connectivity index (χ0) is 38.2. The van der Waals surface area contributed by atoms with Crippen LogP contribution in [-0.2, 0) is 11.3 Å². The number of hydrogen-bond acceptors (Lipinski definition) is 5. The molecule has 8 atom stereocenters. The summed E-state index contributed by atoms with van der Waals surface area (Å²) in [6, 6.07) is 32.6. The number of carbonyl (C=O) groups is 2. The van der Waals surface area contributed by atoms with E-state index in [1.54, 1.807) is 4.90 Å². The van der Waals surface area contributed by atoms with E-state index in [4.69, 9.17) is 4.74 Å². The van der Waals surface area contributed by atoms with Crippen LogP contribution in [-0.4, -0.2) is 51.8 Å². The predicted molar refractivity (Wildman–Crippen MR) is 216 cm³/mol. The average Bonchev–Trinajstić information content (AvgIpc) is 3.47. The van der Waals surface area contributed by atoms with E-state index in [9.17, 15) is 15.0 Å². The van der Waals surface area contributed by atoms with Gasteiger partial charge in [-0.15, -0.1) is 0 Å². The number of fused-ring (bicyclic) bond motifs is 2. The lowest BCUT2D eigenvalue weighted by atomic mass is 9.32. The van der Waals surface area contributed by atoms with Crippen LogP contribution in [0, 0.1) is 33.5 Å². The van der Waals surface area contributed by atoms with Gasteiger partial charge in [-0.25, -0.2) is 4.79 Å². The van der Waals surface area contributed by atoms with Crippen LogP contribution < -0.4 is 0 Å². The number of amides is 1. The summed E-state index contributed by atoms with van der Waals surface area (Å²) in [6.45, 7) is 7.17. The minimum atomic E-state index is -1.20. The van der Waals surface area contributed by atoms with E-state index in [2.05, 4.69) is 68.5 Å². The molecule has 3 fully saturated rings. The zero-order valence-electron chi connectivity index (χ0n) is 32.3. The lowest BCUT2D eigenvalue weighted by molar-refractivity contribution is -0.175. The highest BCUT2D eigenvalue weighted by atomic mass is 16.6. The van der Waals surface area contributed by atoms with Crippen LogP contribution in [0.1, 0.15) is 81.6 Å². The molecular formula is C49H53NO5. The minimum absolute atomic E-state index is 0.0256. The molecule has 3 saturated carbocycles. The van der Waals surface area contributed by atoms with E-state index in [1.807, 2.05) is 67.6 Å². The molecule has 55 heavy (non-hydrogen) atoms. The van der Waals surface area contributed by atoms with Crippen molar-refractivity contribution in [3.63, 3.8) is 0 Å². The Balaban J connectivity index is 1.11. The van der Waals surface area contributed by atoms with Crippen LogP contribution >= 0.6 is 0 Å². The molecule has 1 unspecified atom stereocenters. The third kappa shape index (κ3) is 5.27. The van der Waals surface area contributed by atoms with Crippen LogP contribution in [0.3, 0.4) is 0 Å². The number of hydrogen-bond donors (Lipinski definition) is 2. The SMILES string of the molecule is CCOC(=O)N(Cc1cccc2ccccc12)C[C@]1(O)CC[C@H]2[C@]34C=C[C@@]5(C=C3C(=O)c3ccc(-c6ccccc6)cc3)CC(O)CC[C@]5(C)[C@H]4CC[C@@]21C. The Labute approximate surface area is 324 Å². The van der Waals surface area contributed by atoms with Gasteiger partial charge in [-0.2, -0.15) is 0 Å². The molecule has 4 aromatic rings. The molecular weight excluding hydrogens is 683 g/mol. The Morgan fingerprint density at radius 3 is 2.24 bits per heavy atom. The number of rotatable bonds is 8. The Morgan fingerprint density at radius 2 is 1.45 bits per heavy atom. The molecule has 6 nitrogen and oxygen atoms in total. The molecule has 0 radical (unpaired) electrons. The van der Waals surface area contributed by atoms with Gasteiger partial charge in [0.25, 0.3) is 0 Å². The molecule has 4 aromatic carbocycles. The van der Waals surface area contributed by atoms with E-state index in [1.165, 1.54) is 0 Å². The lowest BCUT2D eigenvalue weighted by Crippen LogP contribution is -2.67. The van der Waals surface area contributed by atoms with Crippen LogP contribution in [0.2, 0.25) is 0 Å². The molecule has 0 aliphatic heterocycles. The lowest BCUT2D eigenvalue weighted by Gasteiger charge is -2.71. The summed E-state index contributed by atoms with van der Waals surface area (Å²) in [7, 11) is 0. The Hall–Kier alpha value is -4.52. The summed E-state index contributed by atoms with van der Waals surface area (Å²) in [5.74, 6) is 0.198. The van der Waals surface area contributed by atoms with E-state index >= 15 is 4.79 Å². The van der Waals surface area contributed by atoms with Crippen molar-refractivity contribution in [1.82, 2.24) is 4.90 Å². The average molecular weight is 736 g/mol. The fraction of sp³-hybridized carbons (Fsp3) is 0.429. The molecule has 0 heterocycles. The summed E-state index contributed by atoms with van der Waals surface area (Å²) in [5, 5.41) is 26.4. The van der Waals surface area contributed by atoms with Crippen LogP contribution in [0.4, 0.5) is 4.79 Å². The zero-order valence-corrected chi connectivity index (χ0v) is 32.3. The fourth-order valence-electron chi connectivity index (χ4n) is 12.5. The maximum atomic E-state index is 15.2. The smallest absolute Gasteiger partial charge is 0.410 e. The van der Waals surface area contributed by atoms with Crippen molar-refractivity contribution < 1.29 is 24.5 Å². The molecule has 2 N–H and O–H groups in total. The van der Waals surface area contributed by atoms with Crippen molar-refractivity contribution in [2.24, 2.45) is 33.5 Å². The van der Waals surface area contributed by atoms with E-state index in [-0.39, 0.29) is 36.2 Å².